The minimum Gasteiger partial charge on any atom is -0.383 e. The largest absolute Gasteiger partial charge is 0.383 e. The molecule has 3 N–H and O–H groups in total. The maximum atomic E-state index is 13.8. The Hall–Kier alpha value is -1.88. The van der Waals surface area contributed by atoms with Crippen LogP contribution in [-0.2, 0) is 12.8 Å². The van der Waals surface area contributed by atoms with Gasteiger partial charge in [-0.3, -0.25) is 4.79 Å². The second-order valence-electron chi connectivity index (χ2n) is 4.12. The molecule has 1 aromatic heterocycles. The highest BCUT2D eigenvalue weighted by molar-refractivity contribution is 6.30. The van der Waals surface area contributed by atoms with E-state index in [2.05, 4.69) is 9.97 Å². The Morgan fingerprint density at radius 1 is 1.47 bits per heavy atom. The molecule has 19 heavy (non-hydrogen) atoms. The predicted octanol–water partition coefficient (Wildman–Crippen LogP) is 2.30. The maximum Gasteiger partial charge on any atom is 0.256 e. The lowest BCUT2D eigenvalue weighted by molar-refractivity contribution is 0.612. The van der Waals surface area contributed by atoms with Gasteiger partial charge in [-0.25, -0.2) is 9.37 Å². The van der Waals surface area contributed by atoms with Gasteiger partial charge in [0, 0.05) is 6.42 Å². The molecule has 0 radical (unpaired) electrons. The number of nitrogens with one attached hydrogen (secondary N) is 1. The number of nitrogens with zero attached hydrogens (tertiary/aromatic N) is 1. The summed E-state index contributed by atoms with van der Waals surface area (Å²) in [5, 5.41) is 0.0398. The molecule has 0 saturated carbocycles. The van der Waals surface area contributed by atoms with Crippen molar-refractivity contribution < 1.29 is 4.39 Å². The van der Waals surface area contributed by atoms with Crippen LogP contribution in [0, 0.1) is 5.82 Å². The Morgan fingerprint density at radius 2 is 2.21 bits per heavy atom. The summed E-state index contributed by atoms with van der Waals surface area (Å²) in [7, 11) is 0. The zero-order chi connectivity index (χ0) is 14.0. The number of halogens is 2. The minimum absolute atomic E-state index is 0.0398. The summed E-state index contributed by atoms with van der Waals surface area (Å²) in [4.78, 5) is 18.4. The van der Waals surface area contributed by atoms with Gasteiger partial charge in [-0.2, -0.15) is 0 Å². The summed E-state index contributed by atoms with van der Waals surface area (Å²) in [5.41, 5.74) is 6.22. The molecule has 0 spiro atoms. The zero-order valence-electron chi connectivity index (χ0n) is 10.3. The van der Waals surface area contributed by atoms with Crippen molar-refractivity contribution in [1.29, 1.82) is 0 Å². The molecule has 0 aliphatic carbocycles. The summed E-state index contributed by atoms with van der Waals surface area (Å²) in [6.07, 6.45) is 0.635. The van der Waals surface area contributed by atoms with Gasteiger partial charge < -0.3 is 10.7 Å². The Balaban J connectivity index is 2.39. The number of benzene rings is 1. The van der Waals surface area contributed by atoms with Crippen LogP contribution in [0.2, 0.25) is 5.02 Å². The quantitative estimate of drug-likeness (QED) is 0.907. The summed E-state index contributed by atoms with van der Waals surface area (Å²) < 4.78 is 13.8. The summed E-state index contributed by atoms with van der Waals surface area (Å²) >= 11 is 5.70. The van der Waals surface area contributed by atoms with E-state index in [1.807, 2.05) is 6.92 Å². The Bertz CT molecular complexity index is 669. The molecule has 0 saturated heterocycles. The second kappa shape index (κ2) is 5.40. The number of anilines is 1. The van der Waals surface area contributed by atoms with Crippen molar-refractivity contribution in [3.05, 3.63) is 56.3 Å². The van der Waals surface area contributed by atoms with Gasteiger partial charge in [0.1, 0.15) is 17.5 Å². The third-order valence-electron chi connectivity index (χ3n) is 2.84. The first-order valence-corrected chi connectivity index (χ1v) is 6.21. The molecular weight excluding hydrogens is 269 g/mol. The van der Waals surface area contributed by atoms with Gasteiger partial charge in [0.15, 0.2) is 0 Å². The lowest BCUT2D eigenvalue weighted by Crippen LogP contribution is -2.19. The van der Waals surface area contributed by atoms with E-state index in [4.69, 9.17) is 17.3 Å². The van der Waals surface area contributed by atoms with Gasteiger partial charge in [-0.05, 0) is 18.1 Å². The van der Waals surface area contributed by atoms with Crippen molar-refractivity contribution in [3.8, 4) is 0 Å². The van der Waals surface area contributed by atoms with Crippen LogP contribution in [0.1, 0.15) is 23.9 Å². The average molecular weight is 282 g/mol. The monoisotopic (exact) mass is 281 g/mol. The van der Waals surface area contributed by atoms with Crippen molar-refractivity contribution in [2.45, 2.75) is 19.8 Å². The fraction of sp³-hybridized carbons (Fsp3) is 0.231. The van der Waals surface area contributed by atoms with Crippen molar-refractivity contribution in [1.82, 2.24) is 9.97 Å². The van der Waals surface area contributed by atoms with Crippen molar-refractivity contribution >= 4 is 17.4 Å². The van der Waals surface area contributed by atoms with Crippen LogP contribution in [0.3, 0.4) is 0 Å². The Labute approximate surface area is 114 Å². The van der Waals surface area contributed by atoms with Crippen molar-refractivity contribution in [2.24, 2.45) is 0 Å². The standard InChI is InChI=1S/C13H13ClFN3O/c1-2-8-12(16)17-10(18-13(8)19)6-7-4-3-5-9(14)11(7)15/h3-5H,2,6H2,1H3,(H3,16,17,18,19). The number of hydrogen-bond acceptors (Lipinski definition) is 3. The van der Waals surface area contributed by atoms with Crippen LogP contribution >= 0.6 is 11.6 Å². The number of aromatic nitrogens is 2. The van der Waals surface area contributed by atoms with Crippen LogP contribution in [-0.4, -0.2) is 9.97 Å². The Morgan fingerprint density at radius 3 is 2.84 bits per heavy atom. The normalized spacial score (nSPS) is 10.7. The zero-order valence-corrected chi connectivity index (χ0v) is 11.1. The molecule has 1 heterocycles. The van der Waals surface area contributed by atoms with Crippen LogP contribution in [0.15, 0.2) is 23.0 Å². The number of hydrogen-bond donors (Lipinski definition) is 2. The lowest BCUT2D eigenvalue weighted by atomic mass is 10.1. The molecule has 0 aliphatic heterocycles. The number of nitrogen functional groups attached to an aromatic ring is 1. The summed E-state index contributed by atoms with van der Waals surface area (Å²) in [6.45, 7) is 1.82. The molecular formula is C13H13ClFN3O. The topological polar surface area (TPSA) is 71.8 Å². The fourth-order valence-corrected chi connectivity index (χ4v) is 2.05. The van der Waals surface area contributed by atoms with Gasteiger partial charge in [0.05, 0.1) is 10.6 Å². The highest BCUT2D eigenvalue weighted by atomic mass is 35.5. The molecule has 0 aliphatic rings. The number of nitrogens with two attached hydrogens (primary N) is 1. The van der Waals surface area contributed by atoms with E-state index in [0.29, 0.717) is 23.4 Å². The van der Waals surface area contributed by atoms with Crippen molar-refractivity contribution in [2.75, 3.05) is 5.73 Å². The number of H-pyrrole nitrogens is 1. The molecule has 0 bridgehead atoms. The van der Waals surface area contributed by atoms with Gasteiger partial charge in [0.25, 0.3) is 5.56 Å². The third kappa shape index (κ3) is 2.76. The minimum atomic E-state index is -0.509. The summed E-state index contributed by atoms with van der Waals surface area (Å²) in [6, 6.07) is 4.69. The molecule has 2 aromatic rings. The smallest absolute Gasteiger partial charge is 0.256 e. The first-order valence-electron chi connectivity index (χ1n) is 5.83. The SMILES string of the molecule is CCc1c(N)nc(Cc2cccc(Cl)c2F)[nH]c1=O. The van der Waals surface area contributed by atoms with Crippen molar-refractivity contribution in [3.63, 3.8) is 0 Å². The van der Waals surface area contributed by atoms with E-state index in [-0.39, 0.29) is 22.8 Å². The molecule has 1 aromatic carbocycles. The van der Waals surface area contributed by atoms with E-state index < -0.39 is 5.82 Å². The highest BCUT2D eigenvalue weighted by Crippen LogP contribution is 2.19. The van der Waals surface area contributed by atoms with E-state index in [0.717, 1.165) is 0 Å². The molecule has 4 nitrogen and oxygen atoms in total. The van der Waals surface area contributed by atoms with Crippen LogP contribution in [0.4, 0.5) is 10.2 Å². The van der Waals surface area contributed by atoms with Gasteiger partial charge in [0.2, 0.25) is 0 Å². The first kappa shape index (κ1) is 13.5. The maximum absolute atomic E-state index is 13.8. The summed E-state index contributed by atoms with van der Waals surface area (Å²) in [5.74, 6) is -0.00509. The predicted molar refractivity (Wildman–Crippen MR) is 72.9 cm³/mol. The average Bonchev–Trinajstić information content (AvgIpc) is 2.35. The third-order valence-corrected chi connectivity index (χ3v) is 3.13. The van der Waals surface area contributed by atoms with Crippen LogP contribution < -0.4 is 11.3 Å². The molecule has 2 rings (SSSR count). The molecule has 0 amide bonds. The Kier molecular flexibility index (Phi) is 3.85. The van der Waals surface area contributed by atoms with E-state index in [1.54, 1.807) is 12.1 Å². The number of aromatic amines is 1. The highest BCUT2D eigenvalue weighted by Gasteiger charge is 2.11. The molecule has 100 valence electrons. The van der Waals surface area contributed by atoms with Gasteiger partial charge >= 0.3 is 0 Å². The van der Waals surface area contributed by atoms with Crippen LogP contribution in [0.5, 0.6) is 0 Å². The lowest BCUT2D eigenvalue weighted by Gasteiger charge is -2.07. The van der Waals surface area contributed by atoms with Crippen LogP contribution in [0.25, 0.3) is 0 Å². The molecule has 0 atom stereocenters. The molecule has 0 unspecified atom stereocenters. The van der Waals surface area contributed by atoms with E-state index >= 15 is 0 Å². The van der Waals surface area contributed by atoms with Gasteiger partial charge in [-0.1, -0.05) is 30.7 Å². The number of rotatable bonds is 3. The van der Waals surface area contributed by atoms with E-state index in [9.17, 15) is 9.18 Å². The van der Waals surface area contributed by atoms with E-state index in [1.165, 1.54) is 6.07 Å². The van der Waals surface area contributed by atoms with Gasteiger partial charge in [-0.15, -0.1) is 0 Å². The first-order chi connectivity index (χ1) is 9.02. The fourth-order valence-electron chi connectivity index (χ4n) is 1.85. The second-order valence-corrected chi connectivity index (χ2v) is 4.53. The molecule has 0 fully saturated rings. The molecule has 6 heteroatoms.